The summed E-state index contributed by atoms with van der Waals surface area (Å²) in [5, 5.41) is 10.9. The Hall–Kier alpha value is -0.610. The van der Waals surface area contributed by atoms with Crippen LogP contribution in [0.5, 0.6) is 0 Å². The highest BCUT2D eigenvalue weighted by Gasteiger charge is 2.22. The van der Waals surface area contributed by atoms with E-state index < -0.39 is 10.0 Å². The van der Waals surface area contributed by atoms with Gasteiger partial charge in [-0.3, -0.25) is 4.72 Å². The molecule has 12 heteroatoms. The maximum Gasteiger partial charge on any atom is 0.265 e. The Balaban J connectivity index is 1.92. The molecular formula is C12H5Cl4N3O2S3. The fourth-order valence-electron chi connectivity index (χ4n) is 1.68. The Morgan fingerprint density at radius 2 is 1.67 bits per heavy atom. The lowest BCUT2D eigenvalue weighted by Gasteiger charge is -2.08. The molecule has 0 bridgehead atoms. The van der Waals surface area contributed by atoms with Gasteiger partial charge in [-0.2, -0.15) is 0 Å². The van der Waals surface area contributed by atoms with E-state index in [1.807, 2.05) is 0 Å². The van der Waals surface area contributed by atoms with Crippen LogP contribution in [0.1, 0.15) is 0 Å². The number of nitrogens with one attached hydrogen (secondary N) is 1. The van der Waals surface area contributed by atoms with E-state index in [0.717, 1.165) is 11.3 Å². The van der Waals surface area contributed by atoms with Crippen LogP contribution in [0.2, 0.25) is 20.1 Å². The molecule has 3 aromatic rings. The van der Waals surface area contributed by atoms with Crippen LogP contribution in [0.3, 0.4) is 0 Å². The van der Waals surface area contributed by atoms with E-state index in [1.165, 1.54) is 23.5 Å². The Morgan fingerprint density at radius 1 is 0.958 bits per heavy atom. The molecule has 2 aromatic heterocycles. The Morgan fingerprint density at radius 3 is 2.33 bits per heavy atom. The molecule has 126 valence electrons. The van der Waals surface area contributed by atoms with Crippen molar-refractivity contribution in [2.24, 2.45) is 0 Å². The highest BCUT2D eigenvalue weighted by molar-refractivity contribution is 7.93. The van der Waals surface area contributed by atoms with E-state index in [4.69, 9.17) is 46.4 Å². The molecule has 0 fully saturated rings. The van der Waals surface area contributed by atoms with Gasteiger partial charge in [-0.05, 0) is 23.6 Å². The molecule has 0 radical (unpaired) electrons. The summed E-state index contributed by atoms with van der Waals surface area (Å²) < 4.78 is 27.2. The molecule has 0 saturated heterocycles. The maximum absolute atomic E-state index is 12.5. The van der Waals surface area contributed by atoms with E-state index in [0.29, 0.717) is 14.9 Å². The Labute approximate surface area is 165 Å². The SMILES string of the molecule is O=S(=O)(Nc1nnc(-c2sccc2Cl)s1)c1cc(Cl)c(Cl)cc1Cl. The summed E-state index contributed by atoms with van der Waals surface area (Å²) in [5.74, 6) is 0. The zero-order valence-corrected chi connectivity index (χ0v) is 16.7. The average Bonchev–Trinajstić information content (AvgIpc) is 3.11. The molecule has 0 atom stereocenters. The van der Waals surface area contributed by atoms with Crippen molar-refractivity contribution in [2.45, 2.75) is 4.90 Å². The number of benzene rings is 1. The van der Waals surface area contributed by atoms with E-state index in [1.54, 1.807) is 11.4 Å². The summed E-state index contributed by atoms with van der Waals surface area (Å²) >= 11 is 26.1. The van der Waals surface area contributed by atoms with Crippen LogP contribution in [0.25, 0.3) is 9.88 Å². The lowest BCUT2D eigenvalue weighted by atomic mass is 10.4. The van der Waals surface area contributed by atoms with Crippen molar-refractivity contribution in [3.05, 3.63) is 43.7 Å². The van der Waals surface area contributed by atoms with Crippen LogP contribution in [0.4, 0.5) is 5.13 Å². The first-order chi connectivity index (χ1) is 11.3. The Kier molecular flexibility index (Phi) is 5.27. The maximum atomic E-state index is 12.5. The van der Waals surface area contributed by atoms with Crippen LogP contribution in [0.15, 0.2) is 28.5 Å². The summed E-state index contributed by atoms with van der Waals surface area (Å²) in [6.07, 6.45) is 0. The quantitative estimate of drug-likeness (QED) is 0.508. The molecule has 0 saturated carbocycles. The molecule has 5 nitrogen and oxygen atoms in total. The van der Waals surface area contributed by atoms with Crippen molar-refractivity contribution in [2.75, 3.05) is 4.72 Å². The fourth-order valence-corrected chi connectivity index (χ4v) is 5.96. The van der Waals surface area contributed by atoms with Gasteiger partial charge in [0.05, 0.1) is 25.0 Å². The molecule has 24 heavy (non-hydrogen) atoms. The van der Waals surface area contributed by atoms with Gasteiger partial charge >= 0.3 is 0 Å². The number of thiophene rings is 1. The summed E-state index contributed by atoms with van der Waals surface area (Å²) in [7, 11) is -4.00. The molecule has 0 amide bonds. The van der Waals surface area contributed by atoms with Gasteiger partial charge in [-0.25, -0.2) is 8.42 Å². The largest absolute Gasteiger partial charge is 0.265 e. The third-order valence-corrected chi connectivity index (χ3v) is 7.71. The van der Waals surface area contributed by atoms with Crippen molar-refractivity contribution < 1.29 is 8.42 Å². The molecule has 2 heterocycles. The summed E-state index contributed by atoms with van der Waals surface area (Å²) in [5.41, 5.74) is 0. The third kappa shape index (κ3) is 3.65. The molecule has 0 unspecified atom stereocenters. The van der Waals surface area contributed by atoms with Crippen molar-refractivity contribution in [3.8, 4) is 9.88 Å². The number of nitrogens with zero attached hydrogens (tertiary/aromatic N) is 2. The molecule has 1 N–H and O–H groups in total. The second-order valence-electron chi connectivity index (χ2n) is 4.31. The van der Waals surface area contributed by atoms with Gasteiger partial charge in [0.1, 0.15) is 4.90 Å². The third-order valence-electron chi connectivity index (χ3n) is 2.72. The number of anilines is 1. The fraction of sp³-hybridized carbons (Fsp3) is 0. The van der Waals surface area contributed by atoms with Gasteiger partial charge < -0.3 is 0 Å². The second-order valence-corrected chi connectivity index (χ2v) is 9.49. The predicted molar refractivity (Wildman–Crippen MR) is 101 cm³/mol. The van der Waals surface area contributed by atoms with Crippen molar-refractivity contribution >= 4 is 84.2 Å². The number of hydrogen-bond acceptors (Lipinski definition) is 6. The average molecular weight is 461 g/mol. The number of rotatable bonds is 4. The van der Waals surface area contributed by atoms with Gasteiger partial charge in [-0.15, -0.1) is 21.5 Å². The van der Waals surface area contributed by atoms with E-state index in [9.17, 15) is 8.42 Å². The number of halogens is 4. The highest BCUT2D eigenvalue weighted by atomic mass is 35.5. The van der Waals surface area contributed by atoms with Crippen molar-refractivity contribution in [1.82, 2.24) is 10.2 Å². The van der Waals surface area contributed by atoms with Crippen molar-refractivity contribution in [1.29, 1.82) is 0 Å². The second kappa shape index (κ2) is 6.95. The minimum absolute atomic E-state index is 0.0528. The molecular weight excluding hydrogens is 456 g/mol. The lowest BCUT2D eigenvalue weighted by Crippen LogP contribution is -2.13. The molecule has 0 aliphatic rings. The zero-order chi connectivity index (χ0) is 17.5. The van der Waals surface area contributed by atoms with E-state index in [2.05, 4.69) is 14.9 Å². The predicted octanol–water partition coefficient (Wildman–Crippen LogP) is 5.68. The minimum atomic E-state index is -4.00. The first-order valence-electron chi connectivity index (χ1n) is 6.02. The van der Waals surface area contributed by atoms with Gasteiger partial charge in [0.2, 0.25) is 5.13 Å². The zero-order valence-electron chi connectivity index (χ0n) is 11.3. The van der Waals surface area contributed by atoms with Gasteiger partial charge in [0.25, 0.3) is 10.0 Å². The van der Waals surface area contributed by atoms with Crippen LogP contribution in [0, 0.1) is 0 Å². The molecule has 0 aliphatic carbocycles. The normalized spacial score (nSPS) is 11.7. The lowest BCUT2D eigenvalue weighted by molar-refractivity contribution is 0.601. The minimum Gasteiger partial charge on any atom is -0.253 e. The van der Waals surface area contributed by atoms with Gasteiger partial charge in [0, 0.05) is 0 Å². The highest BCUT2D eigenvalue weighted by Crippen LogP contribution is 2.37. The van der Waals surface area contributed by atoms with Gasteiger partial charge in [0.15, 0.2) is 5.01 Å². The van der Waals surface area contributed by atoms with E-state index in [-0.39, 0.29) is 25.1 Å². The summed E-state index contributed by atoms with van der Waals surface area (Å²) in [6, 6.07) is 4.16. The first-order valence-corrected chi connectivity index (χ1v) is 10.7. The van der Waals surface area contributed by atoms with Crippen molar-refractivity contribution in [3.63, 3.8) is 0 Å². The van der Waals surface area contributed by atoms with Crippen LogP contribution < -0.4 is 4.72 Å². The topological polar surface area (TPSA) is 72.0 Å². The number of sulfonamides is 1. The first kappa shape index (κ1) is 18.2. The Bertz CT molecular complexity index is 1020. The molecule has 0 aliphatic heterocycles. The van der Waals surface area contributed by atoms with Crippen LogP contribution in [-0.4, -0.2) is 18.6 Å². The summed E-state index contributed by atoms with van der Waals surface area (Å²) in [4.78, 5) is 0.511. The molecule has 0 spiro atoms. The molecule has 3 rings (SSSR count). The summed E-state index contributed by atoms with van der Waals surface area (Å²) in [6.45, 7) is 0. The molecule has 1 aromatic carbocycles. The standard InChI is InChI=1S/C12H5Cl4N3O2S3/c13-5-1-2-22-10(5)11-17-18-12(23-11)19-24(20,21)9-4-7(15)6(14)3-8(9)16/h1-4H,(H,18,19). The van der Waals surface area contributed by atoms with Gasteiger partial charge in [-0.1, -0.05) is 57.7 Å². The monoisotopic (exact) mass is 459 g/mol. The van der Waals surface area contributed by atoms with E-state index >= 15 is 0 Å². The van der Waals surface area contributed by atoms with Crippen LogP contribution >= 0.6 is 69.1 Å². The number of aromatic nitrogens is 2. The van der Waals surface area contributed by atoms with Crippen LogP contribution in [-0.2, 0) is 10.0 Å². The number of hydrogen-bond donors (Lipinski definition) is 1. The smallest absolute Gasteiger partial charge is 0.253 e.